The van der Waals surface area contributed by atoms with E-state index in [9.17, 15) is 49.1 Å². The summed E-state index contributed by atoms with van der Waals surface area (Å²) in [6.07, 6.45) is -21.3. The largest absolute Gasteiger partial charge is 0.450 e. The summed E-state index contributed by atoms with van der Waals surface area (Å²) in [5.74, 6) is -4.10. The Kier molecular flexibility index (Phi) is 8.58. The molecule has 0 aromatic heterocycles. The molecule has 3 rings (SSSR count). The zero-order valence-electron chi connectivity index (χ0n) is 19.2. The quantitative estimate of drug-likeness (QED) is 0.172. The van der Waals surface area contributed by atoms with Crippen LogP contribution in [0.3, 0.4) is 0 Å². The van der Waals surface area contributed by atoms with E-state index >= 15 is 0 Å². The van der Waals surface area contributed by atoms with Gasteiger partial charge in [-0.1, -0.05) is 36.4 Å². The Bertz CT molecular complexity index is 1200. The number of ether oxygens (including phenoxy) is 2. The predicted molar refractivity (Wildman–Crippen MR) is 119 cm³/mol. The Morgan fingerprint density at radius 2 is 0.974 bits per heavy atom. The highest BCUT2D eigenvalue weighted by atomic mass is 32.2. The summed E-state index contributed by atoms with van der Waals surface area (Å²) in [7, 11) is -0.630. The van der Waals surface area contributed by atoms with Gasteiger partial charge in [0.2, 0.25) is 0 Å². The van der Waals surface area contributed by atoms with Crippen LogP contribution in [0.15, 0.2) is 99.6 Å². The van der Waals surface area contributed by atoms with Crippen molar-refractivity contribution in [2.75, 3.05) is 6.61 Å². The second-order valence-electron chi connectivity index (χ2n) is 7.68. The van der Waals surface area contributed by atoms with E-state index < -0.39 is 53.6 Å². The van der Waals surface area contributed by atoms with Gasteiger partial charge in [0.05, 0.1) is 16.5 Å². The Balaban J connectivity index is 1.77. The minimum absolute atomic E-state index is 0.273. The second kappa shape index (κ2) is 11.2. The number of carbonyl (C=O) groups excluding carboxylic acids is 2. The second-order valence-corrected chi connectivity index (χ2v) is 9.71. The van der Waals surface area contributed by atoms with Gasteiger partial charge in [-0.2, -0.15) is 39.5 Å². The highest BCUT2D eigenvalue weighted by Crippen LogP contribution is 2.54. The lowest BCUT2D eigenvalue weighted by Gasteiger charge is -2.37. The topological polar surface area (TPSA) is 52.6 Å². The van der Waals surface area contributed by atoms with E-state index in [2.05, 4.69) is 9.47 Å². The number of esters is 2. The first-order valence-corrected chi connectivity index (χ1v) is 11.8. The van der Waals surface area contributed by atoms with Crippen molar-refractivity contribution in [3.05, 3.63) is 90.5 Å². The molecule has 0 radical (unpaired) electrons. The lowest BCUT2D eigenvalue weighted by Crippen LogP contribution is -2.68. The summed E-state index contributed by atoms with van der Waals surface area (Å²) in [6, 6.07) is 24.0. The summed E-state index contributed by atoms with van der Waals surface area (Å²) < 4.78 is 123. The first-order chi connectivity index (χ1) is 18.1. The standard InChI is InChI=1S/C25H16F9O4S/c26-23(27,28)22(24(29,30)31,25(32,33)34)38-20(35)15-37-21(36)16-11-13-19(14-12-16)39(17-7-3-1-4-8-17)18-9-5-2-6-10-18/h1-14H,15H2/q+1. The lowest BCUT2D eigenvalue weighted by molar-refractivity contribution is -0.446. The molecule has 0 saturated carbocycles. The fourth-order valence-corrected chi connectivity index (χ4v) is 5.40. The van der Waals surface area contributed by atoms with Crippen molar-refractivity contribution >= 4 is 22.8 Å². The highest BCUT2D eigenvalue weighted by molar-refractivity contribution is 7.97. The van der Waals surface area contributed by atoms with Crippen molar-refractivity contribution < 1.29 is 58.6 Å². The molecule has 0 fully saturated rings. The highest BCUT2D eigenvalue weighted by Gasteiger charge is 2.87. The van der Waals surface area contributed by atoms with Gasteiger partial charge in [0.15, 0.2) is 21.3 Å². The molecule has 39 heavy (non-hydrogen) atoms. The Morgan fingerprint density at radius 3 is 1.36 bits per heavy atom. The van der Waals surface area contributed by atoms with Crippen molar-refractivity contribution in [1.82, 2.24) is 0 Å². The van der Waals surface area contributed by atoms with Crippen LogP contribution in [-0.4, -0.2) is 42.7 Å². The number of carbonyl (C=O) groups is 2. The Hall–Kier alpha value is -3.68. The summed E-state index contributed by atoms with van der Waals surface area (Å²) in [5.41, 5.74) is -7.08. The molecule has 3 aromatic rings. The van der Waals surface area contributed by atoms with Crippen molar-refractivity contribution in [2.24, 2.45) is 0 Å². The number of hydrogen-bond donors (Lipinski definition) is 0. The zero-order chi connectivity index (χ0) is 29.1. The maximum atomic E-state index is 12.9. The molecule has 0 amide bonds. The molecule has 0 spiro atoms. The summed E-state index contributed by atoms with van der Waals surface area (Å²) in [6.45, 7) is -1.94. The molecule has 14 heteroatoms. The Labute approximate surface area is 217 Å². The number of benzene rings is 3. The van der Waals surface area contributed by atoms with Gasteiger partial charge < -0.3 is 9.47 Å². The van der Waals surface area contributed by atoms with Crippen LogP contribution in [0.5, 0.6) is 0 Å². The maximum Gasteiger partial charge on any atom is 0.447 e. The predicted octanol–water partition coefficient (Wildman–Crippen LogP) is 6.91. The van der Waals surface area contributed by atoms with Gasteiger partial charge in [-0.15, -0.1) is 0 Å². The van der Waals surface area contributed by atoms with Crippen molar-refractivity contribution in [3.8, 4) is 0 Å². The average Bonchev–Trinajstić information content (AvgIpc) is 2.85. The molecule has 0 saturated heterocycles. The molecular formula is C25H16F9O4S+. The van der Waals surface area contributed by atoms with Gasteiger partial charge in [-0.05, 0) is 48.5 Å². The number of hydrogen-bond acceptors (Lipinski definition) is 4. The van der Waals surface area contributed by atoms with Crippen molar-refractivity contribution in [2.45, 2.75) is 38.8 Å². The molecule has 0 aliphatic carbocycles. The van der Waals surface area contributed by atoms with Gasteiger partial charge in [0, 0.05) is 0 Å². The number of rotatable bonds is 7. The van der Waals surface area contributed by atoms with Gasteiger partial charge in [-0.3, -0.25) is 0 Å². The molecule has 3 aromatic carbocycles. The molecule has 4 nitrogen and oxygen atoms in total. The van der Waals surface area contributed by atoms with Crippen LogP contribution in [0.1, 0.15) is 10.4 Å². The van der Waals surface area contributed by atoms with Crippen LogP contribution < -0.4 is 0 Å². The summed E-state index contributed by atoms with van der Waals surface area (Å²) >= 11 is 0. The molecule has 0 aliphatic heterocycles. The van der Waals surface area contributed by atoms with Gasteiger partial charge in [0.1, 0.15) is 0 Å². The minimum Gasteiger partial charge on any atom is -0.450 e. The fraction of sp³-hybridized carbons (Fsp3) is 0.200. The normalized spacial score (nSPS) is 12.8. The average molecular weight is 583 g/mol. The van der Waals surface area contributed by atoms with E-state index in [-0.39, 0.29) is 5.56 Å². The zero-order valence-corrected chi connectivity index (χ0v) is 20.0. The number of alkyl halides is 9. The van der Waals surface area contributed by atoms with Crippen LogP contribution in [0, 0.1) is 0 Å². The minimum atomic E-state index is -7.10. The van der Waals surface area contributed by atoms with E-state index in [0.29, 0.717) is 4.90 Å². The fourth-order valence-electron chi connectivity index (χ4n) is 3.31. The molecule has 208 valence electrons. The maximum absolute atomic E-state index is 12.9. The van der Waals surface area contributed by atoms with Crippen LogP contribution in [0.4, 0.5) is 39.5 Å². The monoisotopic (exact) mass is 583 g/mol. The van der Waals surface area contributed by atoms with Crippen molar-refractivity contribution in [3.63, 3.8) is 0 Å². The molecule has 0 aliphatic rings. The van der Waals surface area contributed by atoms with Crippen molar-refractivity contribution in [1.29, 1.82) is 0 Å². The lowest BCUT2D eigenvalue weighted by atomic mass is 10.0. The van der Waals surface area contributed by atoms with Crippen LogP contribution >= 0.6 is 0 Å². The Morgan fingerprint density at radius 1 is 0.590 bits per heavy atom. The van der Waals surface area contributed by atoms with Crippen LogP contribution in [-0.2, 0) is 25.2 Å². The first kappa shape index (κ1) is 29.9. The molecule has 0 unspecified atom stereocenters. The summed E-state index contributed by atoms with van der Waals surface area (Å²) in [5, 5.41) is 0. The van der Waals surface area contributed by atoms with Crippen LogP contribution in [0.2, 0.25) is 0 Å². The summed E-state index contributed by atoms with van der Waals surface area (Å²) in [4.78, 5) is 26.4. The van der Waals surface area contributed by atoms with E-state index in [1.807, 2.05) is 60.7 Å². The smallest absolute Gasteiger partial charge is 0.447 e. The molecule has 0 N–H and O–H groups in total. The SMILES string of the molecule is O=C(COC(=O)c1ccc([S+](c2ccccc2)c2ccccc2)cc1)OC(C(F)(F)F)(C(F)(F)F)C(F)(F)F. The van der Waals surface area contributed by atoms with Gasteiger partial charge in [-0.25, -0.2) is 9.59 Å². The first-order valence-electron chi connectivity index (χ1n) is 10.6. The third kappa shape index (κ3) is 6.32. The molecule has 0 heterocycles. The number of halogens is 9. The van der Waals surface area contributed by atoms with E-state index in [0.717, 1.165) is 9.79 Å². The molecule has 0 atom stereocenters. The van der Waals surface area contributed by atoms with Gasteiger partial charge in [0.25, 0.3) is 0 Å². The molecule has 0 bridgehead atoms. The van der Waals surface area contributed by atoms with E-state index in [1.54, 1.807) is 0 Å². The van der Waals surface area contributed by atoms with E-state index in [4.69, 9.17) is 0 Å². The van der Waals surface area contributed by atoms with E-state index in [1.165, 1.54) is 24.3 Å². The van der Waals surface area contributed by atoms with Gasteiger partial charge >= 0.3 is 36.1 Å². The third-order valence-electron chi connectivity index (χ3n) is 5.07. The third-order valence-corrected chi connectivity index (χ3v) is 7.30. The van der Waals surface area contributed by atoms with Crippen LogP contribution in [0.25, 0.3) is 0 Å². The molecular weight excluding hydrogens is 567 g/mol.